The number of nitro groups is 1. The van der Waals surface area contributed by atoms with Crippen molar-refractivity contribution in [2.24, 2.45) is 0 Å². The first kappa shape index (κ1) is 18.2. The zero-order valence-electron chi connectivity index (χ0n) is 14.5. The monoisotopic (exact) mass is 395 g/mol. The smallest absolute Gasteiger partial charge is 0.373 e. The van der Waals surface area contributed by atoms with Crippen LogP contribution in [0.1, 0.15) is 0 Å². The molecule has 0 amide bonds. The van der Waals surface area contributed by atoms with E-state index < -0.39 is 22.2 Å². The summed E-state index contributed by atoms with van der Waals surface area (Å²) in [6.07, 6.45) is 2.60. The second kappa shape index (κ2) is 7.43. The summed E-state index contributed by atoms with van der Waals surface area (Å²) in [6.45, 7) is 0. The lowest BCUT2D eigenvalue weighted by atomic mass is 10.2. The Morgan fingerprint density at radius 3 is 2.66 bits per heavy atom. The molecule has 0 saturated carbocycles. The van der Waals surface area contributed by atoms with E-state index in [-0.39, 0.29) is 23.1 Å². The molecular formula is C19H11F2N5O3. The molecule has 0 radical (unpaired) electrons. The number of ether oxygens (including phenoxy) is 1. The van der Waals surface area contributed by atoms with Crippen LogP contribution in [0.5, 0.6) is 11.6 Å². The summed E-state index contributed by atoms with van der Waals surface area (Å²) >= 11 is 0. The van der Waals surface area contributed by atoms with Crippen molar-refractivity contribution in [1.29, 1.82) is 0 Å². The molecule has 1 N–H and O–H groups in total. The summed E-state index contributed by atoms with van der Waals surface area (Å²) in [7, 11) is 0. The number of fused-ring (bicyclic) bond motifs is 1. The highest BCUT2D eigenvalue weighted by atomic mass is 19.1. The predicted octanol–water partition coefficient (Wildman–Crippen LogP) is 4.75. The summed E-state index contributed by atoms with van der Waals surface area (Å²) < 4.78 is 32.7. The lowest BCUT2D eigenvalue weighted by Crippen LogP contribution is -2.04. The van der Waals surface area contributed by atoms with E-state index in [4.69, 9.17) is 4.74 Å². The van der Waals surface area contributed by atoms with Crippen LogP contribution in [0.2, 0.25) is 0 Å². The van der Waals surface area contributed by atoms with Gasteiger partial charge < -0.3 is 10.1 Å². The van der Waals surface area contributed by atoms with E-state index in [1.807, 2.05) is 12.1 Å². The van der Waals surface area contributed by atoms with Gasteiger partial charge >= 0.3 is 11.6 Å². The third-order valence-corrected chi connectivity index (χ3v) is 3.96. The van der Waals surface area contributed by atoms with Crippen molar-refractivity contribution in [3.05, 3.63) is 82.8 Å². The fraction of sp³-hybridized carbons (Fsp3) is 0. The van der Waals surface area contributed by atoms with Crippen LogP contribution in [-0.4, -0.2) is 19.9 Å². The molecule has 0 fully saturated rings. The van der Waals surface area contributed by atoms with Crippen molar-refractivity contribution in [2.45, 2.75) is 0 Å². The molecule has 0 aliphatic heterocycles. The Hall–Kier alpha value is -4.21. The van der Waals surface area contributed by atoms with Crippen molar-refractivity contribution in [2.75, 3.05) is 5.32 Å². The number of nitrogens with one attached hydrogen (secondary N) is 1. The first-order valence-electron chi connectivity index (χ1n) is 8.26. The first-order valence-corrected chi connectivity index (χ1v) is 8.26. The number of rotatable bonds is 5. The maximum absolute atomic E-state index is 13.9. The van der Waals surface area contributed by atoms with Gasteiger partial charge in [-0.05, 0) is 24.3 Å². The molecule has 2 aromatic heterocycles. The molecule has 10 heteroatoms. The summed E-state index contributed by atoms with van der Waals surface area (Å²) in [5.41, 5.74) is -0.308. The molecule has 0 aliphatic carbocycles. The molecule has 0 saturated heterocycles. The summed E-state index contributed by atoms with van der Waals surface area (Å²) in [4.78, 5) is 22.8. The Balaban J connectivity index is 1.76. The second-order valence-electron chi connectivity index (χ2n) is 5.82. The maximum Gasteiger partial charge on any atom is 0.373 e. The third kappa shape index (κ3) is 3.63. The minimum atomic E-state index is -0.932. The Bertz CT molecular complexity index is 1230. The molecular weight excluding hydrogens is 384 g/mol. The summed E-state index contributed by atoms with van der Waals surface area (Å²) in [5.74, 6) is -2.12. The van der Waals surface area contributed by atoms with Crippen LogP contribution in [0.4, 0.5) is 26.0 Å². The average Bonchev–Trinajstić information content (AvgIpc) is 2.70. The molecule has 0 unspecified atom stereocenters. The van der Waals surface area contributed by atoms with E-state index in [0.717, 1.165) is 23.8 Å². The van der Waals surface area contributed by atoms with E-state index in [9.17, 15) is 18.9 Å². The molecule has 8 nitrogen and oxygen atoms in total. The number of halogens is 2. The Morgan fingerprint density at radius 2 is 1.86 bits per heavy atom. The molecule has 4 aromatic rings. The van der Waals surface area contributed by atoms with Gasteiger partial charge in [0.25, 0.3) is 0 Å². The second-order valence-corrected chi connectivity index (χ2v) is 5.82. The lowest BCUT2D eigenvalue weighted by molar-refractivity contribution is -0.385. The van der Waals surface area contributed by atoms with Gasteiger partial charge in [-0.15, -0.1) is 0 Å². The van der Waals surface area contributed by atoms with Gasteiger partial charge in [-0.1, -0.05) is 18.2 Å². The number of hydrogen-bond donors (Lipinski definition) is 1. The number of nitrogens with zero attached hydrogens (tertiary/aromatic N) is 4. The van der Waals surface area contributed by atoms with Crippen molar-refractivity contribution in [3.63, 3.8) is 0 Å². The zero-order valence-corrected chi connectivity index (χ0v) is 14.5. The van der Waals surface area contributed by atoms with Crippen LogP contribution in [0.3, 0.4) is 0 Å². The van der Waals surface area contributed by atoms with Crippen LogP contribution in [0, 0.1) is 21.7 Å². The van der Waals surface area contributed by atoms with E-state index in [2.05, 4.69) is 20.3 Å². The normalized spacial score (nSPS) is 10.7. The van der Waals surface area contributed by atoms with E-state index in [1.165, 1.54) is 0 Å². The van der Waals surface area contributed by atoms with E-state index in [0.29, 0.717) is 11.6 Å². The maximum atomic E-state index is 13.9. The van der Waals surface area contributed by atoms with Crippen molar-refractivity contribution >= 4 is 28.1 Å². The van der Waals surface area contributed by atoms with Gasteiger partial charge in [0.2, 0.25) is 5.82 Å². The van der Waals surface area contributed by atoms with Crippen LogP contribution in [0.25, 0.3) is 10.9 Å². The predicted molar refractivity (Wildman–Crippen MR) is 100 cm³/mol. The van der Waals surface area contributed by atoms with Crippen molar-refractivity contribution in [1.82, 2.24) is 15.0 Å². The average molecular weight is 395 g/mol. The topological polar surface area (TPSA) is 103 Å². The van der Waals surface area contributed by atoms with E-state index in [1.54, 1.807) is 24.4 Å². The number of hydrogen-bond acceptors (Lipinski definition) is 7. The van der Waals surface area contributed by atoms with Gasteiger partial charge in [-0.25, -0.2) is 13.8 Å². The highest BCUT2D eigenvalue weighted by Gasteiger charge is 2.26. The molecule has 0 aliphatic rings. The van der Waals surface area contributed by atoms with Gasteiger partial charge in [0.15, 0.2) is 5.75 Å². The van der Waals surface area contributed by atoms with Gasteiger partial charge in [0, 0.05) is 17.6 Å². The van der Waals surface area contributed by atoms with Crippen LogP contribution < -0.4 is 10.1 Å². The number of anilines is 2. The molecule has 29 heavy (non-hydrogen) atoms. The fourth-order valence-electron chi connectivity index (χ4n) is 2.67. The zero-order chi connectivity index (χ0) is 20.4. The van der Waals surface area contributed by atoms with E-state index >= 15 is 0 Å². The van der Waals surface area contributed by atoms with Crippen LogP contribution >= 0.6 is 0 Å². The Kier molecular flexibility index (Phi) is 4.65. The van der Waals surface area contributed by atoms with Crippen LogP contribution in [0.15, 0.2) is 61.1 Å². The molecule has 2 heterocycles. The number of para-hydroxylation sites is 1. The van der Waals surface area contributed by atoms with Gasteiger partial charge in [-0.3, -0.25) is 15.1 Å². The van der Waals surface area contributed by atoms with Crippen molar-refractivity contribution in [3.8, 4) is 11.6 Å². The molecule has 0 atom stereocenters. The quantitative estimate of drug-likeness (QED) is 0.384. The highest BCUT2D eigenvalue weighted by Crippen LogP contribution is 2.37. The molecule has 2 aromatic carbocycles. The lowest BCUT2D eigenvalue weighted by Gasteiger charge is -2.11. The number of pyridine rings is 1. The molecule has 0 spiro atoms. The number of aromatic nitrogens is 3. The molecule has 0 bridgehead atoms. The SMILES string of the molecule is O=[N+]([O-])c1c(Nc2ccc(F)cc2F)ncnc1Oc1cccc2cccnc12. The summed E-state index contributed by atoms with van der Waals surface area (Å²) in [5, 5.41) is 14.9. The fourth-order valence-corrected chi connectivity index (χ4v) is 2.67. The first-order chi connectivity index (χ1) is 14.0. The Labute approximate surface area is 162 Å². The minimum Gasteiger partial charge on any atom is -0.431 e. The van der Waals surface area contributed by atoms with Crippen LogP contribution in [-0.2, 0) is 0 Å². The molecule has 144 valence electrons. The standard InChI is InChI=1S/C19H11F2N5O3/c20-12-6-7-14(13(21)9-12)25-18-17(26(27)28)19(24-10-23-18)29-15-5-1-3-11-4-2-8-22-16(11)15/h1-10H,(H,23,24,25). The molecule has 4 rings (SSSR count). The Morgan fingerprint density at radius 1 is 1.03 bits per heavy atom. The number of benzene rings is 2. The largest absolute Gasteiger partial charge is 0.431 e. The van der Waals surface area contributed by atoms with Gasteiger partial charge in [-0.2, -0.15) is 4.98 Å². The minimum absolute atomic E-state index is 0.189. The third-order valence-electron chi connectivity index (χ3n) is 3.96. The van der Waals surface area contributed by atoms with Gasteiger partial charge in [0.05, 0.1) is 10.6 Å². The van der Waals surface area contributed by atoms with Crippen molar-refractivity contribution < 1.29 is 18.4 Å². The highest BCUT2D eigenvalue weighted by molar-refractivity contribution is 5.84. The van der Waals surface area contributed by atoms with Gasteiger partial charge in [0.1, 0.15) is 23.5 Å². The summed E-state index contributed by atoms with van der Waals surface area (Å²) in [6, 6.07) is 11.4.